The van der Waals surface area contributed by atoms with Crippen molar-refractivity contribution < 1.29 is 9.53 Å². The van der Waals surface area contributed by atoms with Crippen LogP contribution in [0.15, 0.2) is 12.2 Å². The molecule has 1 aliphatic carbocycles. The molecule has 0 aliphatic heterocycles. The molecule has 74 valence electrons. The minimum absolute atomic E-state index is 0.0605. The summed E-state index contributed by atoms with van der Waals surface area (Å²) in [4.78, 5) is 11.6. The van der Waals surface area contributed by atoms with Gasteiger partial charge in [-0.2, -0.15) is 0 Å². The first-order valence-corrected chi connectivity index (χ1v) is 5.01. The topological polar surface area (TPSA) is 26.3 Å². The molecule has 0 unspecified atom stereocenters. The van der Waals surface area contributed by atoms with Crippen LogP contribution in [-0.4, -0.2) is 13.1 Å². The Kier molecular flexibility index (Phi) is 3.52. The maximum absolute atomic E-state index is 11.6. The van der Waals surface area contributed by atoms with Gasteiger partial charge in [0.2, 0.25) is 0 Å². The first-order valence-electron chi connectivity index (χ1n) is 5.01. The molecule has 1 saturated carbocycles. The highest BCUT2D eigenvalue weighted by molar-refractivity contribution is 5.79. The van der Waals surface area contributed by atoms with Crippen molar-refractivity contribution >= 4 is 5.97 Å². The van der Waals surface area contributed by atoms with Gasteiger partial charge in [-0.15, -0.1) is 0 Å². The van der Waals surface area contributed by atoms with Crippen LogP contribution in [-0.2, 0) is 9.53 Å². The molecule has 2 nitrogen and oxygen atoms in total. The van der Waals surface area contributed by atoms with Crippen molar-refractivity contribution in [2.24, 2.45) is 5.41 Å². The molecule has 0 aromatic carbocycles. The van der Waals surface area contributed by atoms with E-state index in [0.29, 0.717) is 0 Å². The monoisotopic (exact) mass is 182 g/mol. The predicted molar refractivity (Wildman–Crippen MR) is 52.3 cm³/mol. The van der Waals surface area contributed by atoms with Crippen LogP contribution in [0.5, 0.6) is 0 Å². The molecule has 0 aromatic rings. The quantitative estimate of drug-likeness (QED) is 0.495. The predicted octanol–water partition coefficient (Wildman–Crippen LogP) is 2.69. The Morgan fingerprint density at radius 1 is 1.46 bits per heavy atom. The maximum atomic E-state index is 11.6. The van der Waals surface area contributed by atoms with Crippen LogP contribution in [0, 0.1) is 5.41 Å². The van der Waals surface area contributed by atoms with Gasteiger partial charge in [-0.05, 0) is 19.3 Å². The van der Waals surface area contributed by atoms with E-state index < -0.39 is 0 Å². The van der Waals surface area contributed by atoms with Gasteiger partial charge >= 0.3 is 5.97 Å². The van der Waals surface area contributed by atoms with Crippen LogP contribution in [0.4, 0.5) is 0 Å². The van der Waals surface area contributed by atoms with E-state index in [1.54, 1.807) is 0 Å². The van der Waals surface area contributed by atoms with Gasteiger partial charge in [0.05, 0.1) is 12.5 Å². The lowest BCUT2D eigenvalue weighted by Gasteiger charge is -2.21. The second kappa shape index (κ2) is 4.45. The highest BCUT2D eigenvalue weighted by Crippen LogP contribution is 2.40. The number of allylic oxidation sites excluding steroid dienone is 1. The molecule has 1 aliphatic rings. The Morgan fingerprint density at radius 2 is 2.08 bits per heavy atom. The van der Waals surface area contributed by atoms with E-state index >= 15 is 0 Å². The van der Waals surface area contributed by atoms with E-state index in [4.69, 9.17) is 4.74 Å². The molecule has 1 rings (SSSR count). The molecule has 0 spiro atoms. The van der Waals surface area contributed by atoms with E-state index in [9.17, 15) is 4.79 Å². The highest BCUT2D eigenvalue weighted by Gasteiger charge is 2.39. The van der Waals surface area contributed by atoms with Crippen LogP contribution in [0.2, 0.25) is 0 Å². The van der Waals surface area contributed by atoms with Crippen molar-refractivity contribution in [1.82, 2.24) is 0 Å². The second-order valence-electron chi connectivity index (χ2n) is 3.67. The van der Waals surface area contributed by atoms with Gasteiger partial charge in [-0.25, -0.2) is 0 Å². The first-order chi connectivity index (χ1) is 6.25. The number of hydrogen-bond acceptors (Lipinski definition) is 2. The van der Waals surface area contributed by atoms with Crippen LogP contribution >= 0.6 is 0 Å². The molecule has 13 heavy (non-hydrogen) atoms. The molecule has 1 fully saturated rings. The summed E-state index contributed by atoms with van der Waals surface area (Å²) < 4.78 is 4.84. The van der Waals surface area contributed by atoms with Crippen molar-refractivity contribution in [2.75, 3.05) is 7.11 Å². The van der Waals surface area contributed by atoms with Gasteiger partial charge in [-0.1, -0.05) is 31.9 Å². The third-order valence-electron chi connectivity index (χ3n) is 2.76. The number of esters is 1. The second-order valence-corrected chi connectivity index (χ2v) is 3.67. The molecule has 0 N–H and O–H groups in total. The lowest BCUT2D eigenvalue weighted by atomic mass is 9.86. The third-order valence-corrected chi connectivity index (χ3v) is 2.76. The first kappa shape index (κ1) is 10.3. The zero-order valence-corrected chi connectivity index (χ0v) is 8.51. The Hall–Kier alpha value is -0.790. The largest absolute Gasteiger partial charge is 0.468 e. The fraction of sp³-hybridized carbons (Fsp3) is 0.727. The summed E-state index contributed by atoms with van der Waals surface area (Å²) in [5.41, 5.74) is -0.287. The molecular weight excluding hydrogens is 164 g/mol. The number of carbonyl (C=O) groups excluding carboxylic acids is 1. The normalized spacial score (nSPS) is 20.8. The average Bonchev–Trinajstić information content (AvgIpc) is 2.63. The summed E-state index contributed by atoms with van der Waals surface area (Å²) in [6.07, 6.45) is 9.30. The Morgan fingerprint density at radius 3 is 2.54 bits per heavy atom. The van der Waals surface area contributed by atoms with Crippen LogP contribution in [0.3, 0.4) is 0 Å². The standard InChI is InChI=1S/C11H18O2/c1-3-4-7-11(10(12)13-2)8-5-6-9-11/h4,7H,3,5-6,8-9H2,1-2H3/b7-4+. The number of methoxy groups -OCH3 is 1. The van der Waals surface area contributed by atoms with E-state index in [1.807, 2.05) is 6.08 Å². The maximum Gasteiger partial charge on any atom is 0.315 e. The van der Waals surface area contributed by atoms with Gasteiger partial charge in [0.1, 0.15) is 0 Å². The summed E-state index contributed by atoms with van der Waals surface area (Å²) >= 11 is 0. The minimum Gasteiger partial charge on any atom is -0.468 e. The van der Waals surface area contributed by atoms with E-state index in [0.717, 1.165) is 32.1 Å². The summed E-state index contributed by atoms with van der Waals surface area (Å²) in [6.45, 7) is 2.08. The molecule has 0 radical (unpaired) electrons. The smallest absolute Gasteiger partial charge is 0.315 e. The third kappa shape index (κ3) is 2.11. The molecule has 0 amide bonds. The van der Waals surface area contributed by atoms with Gasteiger partial charge in [-0.3, -0.25) is 4.79 Å². The molecule has 0 saturated heterocycles. The summed E-state index contributed by atoms with van der Waals surface area (Å²) in [5, 5.41) is 0. The molecule has 0 heterocycles. The molecule has 0 aromatic heterocycles. The van der Waals surface area contributed by atoms with Crippen LogP contribution in [0.25, 0.3) is 0 Å². The van der Waals surface area contributed by atoms with Gasteiger partial charge in [0.25, 0.3) is 0 Å². The lowest BCUT2D eigenvalue weighted by molar-refractivity contribution is -0.149. The van der Waals surface area contributed by atoms with Gasteiger partial charge < -0.3 is 4.74 Å². The SMILES string of the molecule is CC/C=C/C1(C(=O)OC)CCCC1. The number of carbonyl (C=O) groups is 1. The lowest BCUT2D eigenvalue weighted by Crippen LogP contribution is -2.26. The van der Waals surface area contributed by atoms with Gasteiger partial charge in [0, 0.05) is 0 Å². The number of hydrogen-bond donors (Lipinski definition) is 0. The van der Waals surface area contributed by atoms with Crippen molar-refractivity contribution in [3.8, 4) is 0 Å². The van der Waals surface area contributed by atoms with E-state index in [1.165, 1.54) is 7.11 Å². The Balaban J connectivity index is 2.74. The Labute approximate surface area is 80.0 Å². The van der Waals surface area contributed by atoms with Crippen LogP contribution in [0.1, 0.15) is 39.0 Å². The van der Waals surface area contributed by atoms with Gasteiger partial charge in [0.15, 0.2) is 0 Å². The molecule has 0 atom stereocenters. The highest BCUT2D eigenvalue weighted by atomic mass is 16.5. The fourth-order valence-corrected chi connectivity index (χ4v) is 1.99. The van der Waals surface area contributed by atoms with Crippen LogP contribution < -0.4 is 0 Å². The van der Waals surface area contributed by atoms with E-state index in [2.05, 4.69) is 13.0 Å². The van der Waals surface area contributed by atoms with Crippen molar-refractivity contribution in [1.29, 1.82) is 0 Å². The zero-order chi connectivity index (χ0) is 9.73. The molecular formula is C11H18O2. The van der Waals surface area contributed by atoms with Crippen molar-refractivity contribution in [2.45, 2.75) is 39.0 Å². The molecule has 0 bridgehead atoms. The summed E-state index contributed by atoms with van der Waals surface area (Å²) in [5.74, 6) is -0.0605. The summed E-state index contributed by atoms with van der Waals surface area (Å²) in [7, 11) is 1.47. The minimum atomic E-state index is -0.287. The van der Waals surface area contributed by atoms with E-state index in [-0.39, 0.29) is 11.4 Å². The van der Waals surface area contributed by atoms with Crippen molar-refractivity contribution in [3.63, 3.8) is 0 Å². The van der Waals surface area contributed by atoms with Crippen molar-refractivity contribution in [3.05, 3.63) is 12.2 Å². The number of ether oxygens (including phenoxy) is 1. The average molecular weight is 182 g/mol. The summed E-state index contributed by atoms with van der Waals surface area (Å²) in [6, 6.07) is 0. The fourth-order valence-electron chi connectivity index (χ4n) is 1.99. The zero-order valence-electron chi connectivity index (χ0n) is 8.51. The molecule has 2 heteroatoms. The Bertz CT molecular complexity index is 200. The number of rotatable bonds is 3.